The van der Waals surface area contributed by atoms with E-state index in [0.717, 1.165) is 55.5 Å². The van der Waals surface area contributed by atoms with E-state index in [1.165, 1.54) is 0 Å². The van der Waals surface area contributed by atoms with Gasteiger partial charge in [-0.25, -0.2) is 13.8 Å². The van der Waals surface area contributed by atoms with Crippen molar-refractivity contribution in [1.82, 2.24) is 9.13 Å². The summed E-state index contributed by atoms with van der Waals surface area (Å²) in [5.74, 6) is -2.33. The summed E-state index contributed by atoms with van der Waals surface area (Å²) in [5, 5.41) is 9.00. The van der Waals surface area contributed by atoms with Gasteiger partial charge in [0.1, 0.15) is 11.5 Å². The zero-order valence-corrected chi connectivity index (χ0v) is 21.4. The molecular formula is C22H21ClF4N2O5S2. The minimum absolute atomic E-state index is 0.119. The fourth-order valence-electron chi connectivity index (χ4n) is 3.95. The third-order valence-electron chi connectivity index (χ3n) is 6.06. The van der Waals surface area contributed by atoms with Gasteiger partial charge in [-0.1, -0.05) is 30.3 Å². The van der Waals surface area contributed by atoms with Crippen molar-refractivity contribution in [3.63, 3.8) is 0 Å². The maximum absolute atomic E-state index is 14.6. The first-order chi connectivity index (χ1) is 16.7. The lowest BCUT2D eigenvalue weighted by Gasteiger charge is -2.21. The van der Waals surface area contributed by atoms with Crippen molar-refractivity contribution >= 4 is 46.2 Å². The van der Waals surface area contributed by atoms with Gasteiger partial charge in [-0.2, -0.15) is 13.2 Å². The highest BCUT2D eigenvalue weighted by atomic mass is 35.5. The number of benzene rings is 1. The van der Waals surface area contributed by atoms with Crippen LogP contribution in [0.1, 0.15) is 31.9 Å². The van der Waals surface area contributed by atoms with Crippen molar-refractivity contribution in [1.29, 1.82) is 0 Å². The zero-order valence-electron chi connectivity index (χ0n) is 19.0. The molecular weight excluding hydrogens is 548 g/mol. The maximum atomic E-state index is 14.6. The van der Waals surface area contributed by atoms with Crippen molar-refractivity contribution in [2.45, 2.75) is 37.3 Å². The smallest absolute Gasteiger partial charge is 0.431 e. The Hall–Kier alpha value is -2.25. The average molecular weight is 569 g/mol. The lowest BCUT2D eigenvalue weighted by molar-refractivity contribution is -0.145. The highest BCUT2D eigenvalue weighted by Gasteiger charge is 2.51. The van der Waals surface area contributed by atoms with Crippen molar-refractivity contribution in [2.75, 3.05) is 11.5 Å². The van der Waals surface area contributed by atoms with Gasteiger partial charge in [-0.3, -0.25) is 19.0 Å². The van der Waals surface area contributed by atoms with E-state index in [-0.39, 0.29) is 36.0 Å². The molecule has 0 radical (unpaired) electrons. The molecule has 36 heavy (non-hydrogen) atoms. The number of carboxylic acids is 1. The largest absolute Gasteiger partial charge is 0.481 e. The molecule has 1 saturated carbocycles. The van der Waals surface area contributed by atoms with Gasteiger partial charge in [-0.05, 0) is 36.8 Å². The number of aliphatic carboxylic acids is 1. The highest BCUT2D eigenvalue weighted by molar-refractivity contribution is 8.15. The summed E-state index contributed by atoms with van der Waals surface area (Å²) in [6.07, 6.45) is -3.08. The Kier molecular flexibility index (Phi) is 8.36. The second kappa shape index (κ2) is 10.6. The predicted molar refractivity (Wildman–Crippen MR) is 129 cm³/mol. The van der Waals surface area contributed by atoms with Crippen LogP contribution >= 0.6 is 35.1 Å². The van der Waals surface area contributed by atoms with E-state index in [0.29, 0.717) is 12.2 Å². The van der Waals surface area contributed by atoms with Crippen LogP contribution in [0.25, 0.3) is 5.69 Å². The van der Waals surface area contributed by atoms with Crippen LogP contribution in [0.2, 0.25) is 5.02 Å². The molecule has 0 spiro atoms. The van der Waals surface area contributed by atoms with E-state index in [1.54, 1.807) is 6.92 Å². The lowest BCUT2D eigenvalue weighted by Crippen LogP contribution is -2.41. The number of aromatic nitrogens is 2. The Morgan fingerprint density at radius 3 is 2.39 bits per heavy atom. The summed E-state index contributed by atoms with van der Waals surface area (Å²) < 4.78 is 54.4. The number of nitrogens with zero attached hydrogens (tertiary/aromatic N) is 2. The molecule has 1 N–H and O–H groups in total. The molecule has 0 saturated heterocycles. The number of carbonyl (C=O) groups excluding carboxylic acids is 1. The Bertz CT molecular complexity index is 1320. The summed E-state index contributed by atoms with van der Waals surface area (Å²) >= 11 is 7.95. The molecule has 1 aromatic heterocycles. The van der Waals surface area contributed by atoms with Crippen LogP contribution in [0, 0.1) is 17.2 Å². The minimum atomic E-state index is -4.97. The van der Waals surface area contributed by atoms with Crippen LogP contribution < -0.4 is 11.2 Å². The number of hydrogen-bond donors (Lipinski definition) is 1. The maximum Gasteiger partial charge on any atom is 0.431 e. The number of alkyl halides is 3. The number of halogens is 5. The second-order valence-electron chi connectivity index (χ2n) is 8.39. The number of rotatable bonds is 9. The molecule has 7 nitrogen and oxygen atoms in total. The molecule has 1 aromatic carbocycles. The average Bonchev–Trinajstić information content (AvgIpc) is 3.55. The van der Waals surface area contributed by atoms with Crippen molar-refractivity contribution < 1.29 is 32.3 Å². The first-order valence-corrected chi connectivity index (χ1v) is 13.0. The second-order valence-corrected chi connectivity index (χ2v) is 10.8. The summed E-state index contributed by atoms with van der Waals surface area (Å²) in [5.41, 5.74) is -5.30. The minimum Gasteiger partial charge on any atom is -0.481 e. The Balaban J connectivity index is 1.80. The topological polar surface area (TPSA) is 98.4 Å². The van der Waals surface area contributed by atoms with Crippen molar-refractivity contribution in [3.8, 4) is 5.69 Å². The summed E-state index contributed by atoms with van der Waals surface area (Å²) in [6.45, 7) is 1.78. The van der Waals surface area contributed by atoms with Crippen LogP contribution in [0.5, 0.6) is 0 Å². The highest BCUT2D eigenvalue weighted by Crippen LogP contribution is 2.55. The standard InChI is InChI=1S/C22H21ClF4N2O5S2/c1-3-11(19(32)33)21(4-5-21)10-36-18(31)9-35-15-7-14(13(24)6-12(15)23)29-17(30)8-16(22(25,26)27)28(2)20(29)34/h6-8,11H,3-5,9-10H2,1-2H3,(H,32,33). The molecule has 0 amide bonds. The normalized spacial score (nSPS) is 15.5. The first kappa shape index (κ1) is 28.3. The van der Waals surface area contributed by atoms with Gasteiger partial charge in [0.05, 0.1) is 22.4 Å². The number of thioether (sulfide) groups is 2. The number of carboxylic acid groups (broad SMARTS) is 1. The van der Waals surface area contributed by atoms with E-state index < -0.39 is 51.9 Å². The molecule has 2 aromatic rings. The van der Waals surface area contributed by atoms with E-state index in [1.807, 2.05) is 0 Å². The molecule has 1 aliphatic rings. The molecule has 0 aliphatic heterocycles. The van der Waals surface area contributed by atoms with Crippen LogP contribution in [-0.4, -0.2) is 36.8 Å². The van der Waals surface area contributed by atoms with Crippen LogP contribution in [0.15, 0.2) is 32.7 Å². The fraction of sp³-hybridized carbons (Fsp3) is 0.455. The Morgan fingerprint density at radius 2 is 1.86 bits per heavy atom. The predicted octanol–water partition coefficient (Wildman–Crippen LogP) is 4.59. The molecule has 196 valence electrons. The Morgan fingerprint density at radius 1 is 1.22 bits per heavy atom. The van der Waals surface area contributed by atoms with Gasteiger partial charge in [-0.15, -0.1) is 11.8 Å². The molecule has 1 atom stereocenters. The first-order valence-electron chi connectivity index (χ1n) is 10.6. The van der Waals surface area contributed by atoms with Crippen LogP contribution in [-0.2, 0) is 22.8 Å². The van der Waals surface area contributed by atoms with E-state index in [9.17, 15) is 41.8 Å². The fourth-order valence-corrected chi connectivity index (χ4v) is 6.37. The molecule has 1 fully saturated rings. The number of hydrogen-bond acceptors (Lipinski definition) is 6. The summed E-state index contributed by atoms with van der Waals surface area (Å²) in [4.78, 5) is 48.9. The summed E-state index contributed by atoms with van der Waals surface area (Å²) in [6, 6.07) is 2.02. The Labute approximate surface area is 215 Å². The third-order valence-corrected chi connectivity index (χ3v) is 8.91. The quantitative estimate of drug-likeness (QED) is 0.349. The molecule has 3 rings (SSSR count). The molecule has 1 aliphatic carbocycles. The molecule has 14 heteroatoms. The van der Waals surface area contributed by atoms with E-state index >= 15 is 0 Å². The van der Waals surface area contributed by atoms with Gasteiger partial charge in [0, 0.05) is 23.8 Å². The van der Waals surface area contributed by atoms with E-state index in [4.69, 9.17) is 11.6 Å². The van der Waals surface area contributed by atoms with Gasteiger partial charge < -0.3 is 5.11 Å². The van der Waals surface area contributed by atoms with Gasteiger partial charge in [0.2, 0.25) is 0 Å². The lowest BCUT2D eigenvalue weighted by atomic mass is 9.88. The molecule has 0 bridgehead atoms. The van der Waals surface area contributed by atoms with Gasteiger partial charge >= 0.3 is 17.8 Å². The van der Waals surface area contributed by atoms with Gasteiger partial charge in [0.25, 0.3) is 5.56 Å². The zero-order chi connectivity index (χ0) is 27.0. The number of carbonyl (C=O) groups is 2. The van der Waals surface area contributed by atoms with E-state index in [2.05, 4.69) is 0 Å². The molecule has 1 unspecified atom stereocenters. The third kappa shape index (κ3) is 5.83. The monoisotopic (exact) mass is 568 g/mol. The summed E-state index contributed by atoms with van der Waals surface area (Å²) in [7, 11) is 0.806. The SMILES string of the molecule is CCC(C(=O)O)C1(CSC(=O)CSc2cc(-n3c(=O)cc(C(F)(F)F)n(C)c3=O)c(F)cc2Cl)CC1. The van der Waals surface area contributed by atoms with Crippen LogP contribution in [0.4, 0.5) is 17.6 Å². The van der Waals surface area contributed by atoms with Crippen molar-refractivity contribution in [3.05, 3.63) is 55.6 Å². The molecule has 1 heterocycles. The van der Waals surface area contributed by atoms with Crippen molar-refractivity contribution in [2.24, 2.45) is 18.4 Å². The van der Waals surface area contributed by atoms with Crippen LogP contribution in [0.3, 0.4) is 0 Å². The van der Waals surface area contributed by atoms with Gasteiger partial charge in [0.15, 0.2) is 5.12 Å².